The zero-order chi connectivity index (χ0) is 16.0. The second kappa shape index (κ2) is 8.56. The molecule has 1 nitrogen and oxygen atoms in total. The maximum Gasteiger partial charge on any atom is 0.389 e. The minimum absolute atomic E-state index is 0.310. The average molecular weight is 320 g/mol. The number of halogens is 3. The van der Waals surface area contributed by atoms with E-state index in [1.165, 1.54) is 51.4 Å². The standard InChI is InChI=1S/C18H31F3O/c1-22-17-11-9-16(10-12-17)15-7-5-14(6-8-15)4-2-3-13-18(19,20)21/h14-17H,2-13H2,1H3. The van der Waals surface area contributed by atoms with Gasteiger partial charge in [0.15, 0.2) is 0 Å². The molecular formula is C18H31F3O. The first-order valence-corrected chi connectivity index (χ1v) is 9.07. The van der Waals surface area contributed by atoms with Crippen molar-refractivity contribution in [2.24, 2.45) is 17.8 Å². The number of ether oxygens (including phenoxy) is 1. The van der Waals surface area contributed by atoms with Crippen LogP contribution < -0.4 is 0 Å². The molecule has 0 saturated heterocycles. The lowest BCUT2D eigenvalue weighted by atomic mass is 9.70. The Labute approximate surface area is 133 Å². The highest BCUT2D eigenvalue weighted by Crippen LogP contribution is 2.41. The highest BCUT2D eigenvalue weighted by atomic mass is 19.4. The van der Waals surface area contributed by atoms with Crippen molar-refractivity contribution < 1.29 is 17.9 Å². The second-order valence-corrected chi connectivity index (χ2v) is 7.41. The van der Waals surface area contributed by atoms with Gasteiger partial charge in [0.05, 0.1) is 6.10 Å². The monoisotopic (exact) mass is 320 g/mol. The number of rotatable bonds is 6. The molecule has 2 aliphatic carbocycles. The summed E-state index contributed by atoms with van der Waals surface area (Å²) < 4.78 is 41.8. The van der Waals surface area contributed by atoms with Crippen molar-refractivity contribution in [1.29, 1.82) is 0 Å². The molecule has 0 spiro atoms. The Morgan fingerprint density at radius 1 is 0.818 bits per heavy atom. The van der Waals surface area contributed by atoms with Gasteiger partial charge in [-0.05, 0) is 62.7 Å². The first kappa shape index (κ1) is 18.1. The largest absolute Gasteiger partial charge is 0.389 e. The summed E-state index contributed by atoms with van der Waals surface area (Å²) in [5.74, 6) is 2.42. The first-order valence-electron chi connectivity index (χ1n) is 9.07. The lowest BCUT2D eigenvalue weighted by Gasteiger charge is -2.37. The lowest BCUT2D eigenvalue weighted by Crippen LogP contribution is -2.28. The predicted molar refractivity (Wildman–Crippen MR) is 82.7 cm³/mol. The van der Waals surface area contributed by atoms with Gasteiger partial charge in [-0.25, -0.2) is 0 Å². The van der Waals surface area contributed by atoms with Gasteiger partial charge in [-0.2, -0.15) is 13.2 Å². The Hall–Kier alpha value is -0.250. The van der Waals surface area contributed by atoms with E-state index >= 15 is 0 Å². The summed E-state index contributed by atoms with van der Waals surface area (Å²) in [7, 11) is 1.81. The molecule has 2 rings (SSSR count). The van der Waals surface area contributed by atoms with Crippen LogP contribution in [0.25, 0.3) is 0 Å². The smallest absolute Gasteiger partial charge is 0.381 e. The Morgan fingerprint density at radius 2 is 1.36 bits per heavy atom. The molecule has 4 heteroatoms. The van der Waals surface area contributed by atoms with Crippen LogP contribution in [0.4, 0.5) is 13.2 Å². The van der Waals surface area contributed by atoms with Crippen molar-refractivity contribution in [3.63, 3.8) is 0 Å². The normalized spacial score (nSPS) is 33.8. The molecule has 0 aromatic carbocycles. The first-order chi connectivity index (χ1) is 10.5. The van der Waals surface area contributed by atoms with Crippen LogP contribution in [-0.4, -0.2) is 19.4 Å². The SMILES string of the molecule is COC1CCC(C2CCC(CCCCC(F)(F)F)CC2)CC1. The zero-order valence-corrected chi connectivity index (χ0v) is 13.8. The van der Waals surface area contributed by atoms with Crippen molar-refractivity contribution in [3.8, 4) is 0 Å². The van der Waals surface area contributed by atoms with Gasteiger partial charge in [0.1, 0.15) is 0 Å². The van der Waals surface area contributed by atoms with E-state index < -0.39 is 12.6 Å². The summed E-state index contributed by atoms with van der Waals surface area (Å²) >= 11 is 0. The highest BCUT2D eigenvalue weighted by Gasteiger charge is 2.31. The molecule has 22 heavy (non-hydrogen) atoms. The Morgan fingerprint density at radius 3 is 1.86 bits per heavy atom. The Kier molecular flexibility index (Phi) is 7.04. The summed E-state index contributed by atoms with van der Waals surface area (Å²) in [4.78, 5) is 0. The average Bonchev–Trinajstić information content (AvgIpc) is 2.51. The van der Waals surface area contributed by atoms with Crippen LogP contribution >= 0.6 is 0 Å². The van der Waals surface area contributed by atoms with Crippen LogP contribution in [0.3, 0.4) is 0 Å². The quantitative estimate of drug-likeness (QED) is 0.536. The van der Waals surface area contributed by atoms with Gasteiger partial charge in [0.25, 0.3) is 0 Å². The van der Waals surface area contributed by atoms with Crippen LogP contribution in [0, 0.1) is 17.8 Å². The molecule has 0 atom stereocenters. The van der Waals surface area contributed by atoms with E-state index in [9.17, 15) is 13.2 Å². The number of alkyl halides is 3. The number of hydrogen-bond donors (Lipinski definition) is 0. The van der Waals surface area contributed by atoms with Gasteiger partial charge < -0.3 is 4.74 Å². The molecule has 130 valence electrons. The minimum atomic E-state index is -3.97. The minimum Gasteiger partial charge on any atom is -0.381 e. The fourth-order valence-electron chi connectivity index (χ4n) is 4.50. The van der Waals surface area contributed by atoms with E-state index in [1.54, 1.807) is 0 Å². The fraction of sp³-hybridized carbons (Fsp3) is 1.00. The van der Waals surface area contributed by atoms with Gasteiger partial charge in [0, 0.05) is 13.5 Å². The second-order valence-electron chi connectivity index (χ2n) is 7.41. The molecule has 0 radical (unpaired) electrons. The van der Waals surface area contributed by atoms with Gasteiger partial charge >= 0.3 is 6.18 Å². The highest BCUT2D eigenvalue weighted by molar-refractivity contribution is 4.82. The molecule has 2 aliphatic rings. The van der Waals surface area contributed by atoms with E-state index in [1.807, 2.05) is 7.11 Å². The number of unbranched alkanes of at least 4 members (excludes halogenated alkanes) is 1. The van der Waals surface area contributed by atoms with Crippen LogP contribution in [0.2, 0.25) is 0 Å². The maximum absolute atomic E-state index is 12.1. The van der Waals surface area contributed by atoms with Crippen LogP contribution in [0.5, 0.6) is 0 Å². The third kappa shape index (κ3) is 6.10. The summed E-state index contributed by atoms with van der Waals surface area (Å²) in [6.07, 6.45) is 8.04. The summed E-state index contributed by atoms with van der Waals surface area (Å²) in [6.45, 7) is 0. The molecule has 2 fully saturated rings. The molecule has 0 aliphatic heterocycles. The van der Waals surface area contributed by atoms with Crippen molar-refractivity contribution in [2.45, 2.75) is 89.3 Å². The van der Waals surface area contributed by atoms with Crippen molar-refractivity contribution in [3.05, 3.63) is 0 Å². The third-order valence-corrected chi connectivity index (χ3v) is 5.93. The van der Waals surface area contributed by atoms with E-state index in [4.69, 9.17) is 4.74 Å². The van der Waals surface area contributed by atoms with E-state index in [-0.39, 0.29) is 0 Å². The van der Waals surface area contributed by atoms with E-state index in [2.05, 4.69) is 0 Å². The maximum atomic E-state index is 12.1. The van der Waals surface area contributed by atoms with Crippen LogP contribution in [-0.2, 0) is 4.74 Å². The molecule has 0 bridgehead atoms. The van der Waals surface area contributed by atoms with Gasteiger partial charge in [0.2, 0.25) is 0 Å². The number of hydrogen-bond acceptors (Lipinski definition) is 1. The molecule has 2 saturated carbocycles. The van der Waals surface area contributed by atoms with Crippen LogP contribution in [0.15, 0.2) is 0 Å². The summed E-state index contributed by atoms with van der Waals surface area (Å²) in [5, 5.41) is 0. The van der Waals surface area contributed by atoms with E-state index in [0.29, 0.717) is 18.4 Å². The number of methoxy groups -OCH3 is 1. The van der Waals surface area contributed by atoms with E-state index in [0.717, 1.165) is 24.7 Å². The van der Waals surface area contributed by atoms with Gasteiger partial charge in [-0.15, -0.1) is 0 Å². The molecule has 0 amide bonds. The predicted octanol–water partition coefficient (Wildman–Crippen LogP) is 6.12. The molecule has 0 N–H and O–H groups in total. The molecule has 0 unspecified atom stereocenters. The molecule has 0 heterocycles. The van der Waals surface area contributed by atoms with Gasteiger partial charge in [-0.1, -0.05) is 25.7 Å². The Balaban J connectivity index is 1.58. The zero-order valence-electron chi connectivity index (χ0n) is 13.8. The lowest BCUT2D eigenvalue weighted by molar-refractivity contribution is -0.135. The third-order valence-electron chi connectivity index (χ3n) is 5.93. The molecule has 0 aromatic heterocycles. The summed E-state index contributed by atoms with van der Waals surface area (Å²) in [5.41, 5.74) is 0. The fourth-order valence-corrected chi connectivity index (χ4v) is 4.50. The van der Waals surface area contributed by atoms with Crippen molar-refractivity contribution in [1.82, 2.24) is 0 Å². The van der Waals surface area contributed by atoms with Crippen LogP contribution in [0.1, 0.15) is 77.0 Å². The van der Waals surface area contributed by atoms with Crippen molar-refractivity contribution in [2.75, 3.05) is 7.11 Å². The topological polar surface area (TPSA) is 9.23 Å². The molecular weight excluding hydrogens is 289 g/mol. The molecule has 0 aromatic rings. The summed E-state index contributed by atoms with van der Waals surface area (Å²) in [6, 6.07) is 0. The van der Waals surface area contributed by atoms with Crippen molar-refractivity contribution >= 4 is 0 Å². The van der Waals surface area contributed by atoms with Gasteiger partial charge in [-0.3, -0.25) is 0 Å². The Bertz CT molecular complexity index is 300.